The van der Waals surface area contributed by atoms with Gasteiger partial charge in [-0.1, -0.05) is 0 Å². The van der Waals surface area contributed by atoms with E-state index in [1.165, 1.54) is 0 Å². The summed E-state index contributed by atoms with van der Waals surface area (Å²) in [6.07, 6.45) is 0. The number of nitrogens with zero attached hydrogens (tertiary/aromatic N) is 1. The molecule has 8 heteroatoms. The highest BCUT2D eigenvalue weighted by molar-refractivity contribution is 5.96. The Kier molecular flexibility index (Phi) is 4.25. The Balaban J connectivity index is 2.38. The Bertz CT molecular complexity index is 365. The van der Waals surface area contributed by atoms with Crippen molar-refractivity contribution in [2.24, 2.45) is 5.73 Å². The van der Waals surface area contributed by atoms with Crippen LogP contribution in [0.2, 0.25) is 0 Å². The van der Waals surface area contributed by atoms with Crippen LogP contribution < -0.4 is 11.1 Å². The van der Waals surface area contributed by atoms with Crippen molar-refractivity contribution in [1.29, 1.82) is 0 Å². The van der Waals surface area contributed by atoms with Gasteiger partial charge in [-0.15, -0.1) is 0 Å². The van der Waals surface area contributed by atoms with E-state index in [9.17, 15) is 14.4 Å². The smallest absolute Gasteiger partial charge is 0.329 e. The lowest BCUT2D eigenvalue weighted by molar-refractivity contribution is -0.171. The summed E-state index contributed by atoms with van der Waals surface area (Å²) in [5, 5.41) is 10.5. The summed E-state index contributed by atoms with van der Waals surface area (Å²) in [4.78, 5) is 34.1. The van der Waals surface area contributed by atoms with E-state index in [4.69, 9.17) is 15.6 Å². The third-order valence-corrected chi connectivity index (χ3v) is 2.79. The van der Waals surface area contributed by atoms with Crippen LogP contribution in [0, 0.1) is 0 Å². The topological polar surface area (TPSA) is 122 Å². The number of primary amides is 1. The molecule has 4 N–H and O–H groups in total. The number of urea groups is 1. The molecule has 0 bridgehead atoms. The van der Waals surface area contributed by atoms with E-state index < -0.39 is 29.6 Å². The molecule has 0 aliphatic carbocycles. The first-order valence-corrected chi connectivity index (χ1v) is 5.43. The van der Waals surface area contributed by atoms with Crippen LogP contribution in [-0.4, -0.2) is 59.3 Å². The molecule has 0 radical (unpaired) electrons. The zero-order valence-electron chi connectivity index (χ0n) is 10.3. The fourth-order valence-electron chi connectivity index (χ4n) is 1.81. The standard InChI is InChI=1S/C10H17N3O5/c1-6(8(16)12-9(11)17)13-4-10(2,5-13)18-3-7(14)15/h6H,3-5H2,1-2H3,(H,14,15)(H3,11,12,16,17). The molecular weight excluding hydrogens is 242 g/mol. The Morgan fingerprint density at radius 2 is 2.06 bits per heavy atom. The van der Waals surface area contributed by atoms with E-state index in [2.05, 4.69) is 0 Å². The predicted molar refractivity (Wildman–Crippen MR) is 60.8 cm³/mol. The summed E-state index contributed by atoms with van der Waals surface area (Å²) in [6, 6.07) is -1.41. The van der Waals surface area contributed by atoms with Crippen molar-refractivity contribution >= 4 is 17.9 Å². The van der Waals surface area contributed by atoms with Gasteiger partial charge in [0.2, 0.25) is 5.91 Å². The van der Waals surface area contributed by atoms with Crippen molar-refractivity contribution in [3.63, 3.8) is 0 Å². The van der Waals surface area contributed by atoms with Gasteiger partial charge < -0.3 is 15.6 Å². The number of carboxylic acids is 1. The number of imide groups is 1. The molecule has 0 aromatic heterocycles. The minimum atomic E-state index is -1.03. The molecule has 18 heavy (non-hydrogen) atoms. The van der Waals surface area contributed by atoms with Gasteiger partial charge in [0.05, 0.1) is 11.6 Å². The Morgan fingerprint density at radius 3 is 2.50 bits per heavy atom. The van der Waals surface area contributed by atoms with E-state index >= 15 is 0 Å². The third-order valence-electron chi connectivity index (χ3n) is 2.79. The monoisotopic (exact) mass is 259 g/mol. The van der Waals surface area contributed by atoms with E-state index in [1.54, 1.807) is 18.7 Å². The highest BCUT2D eigenvalue weighted by atomic mass is 16.5. The van der Waals surface area contributed by atoms with Gasteiger partial charge in [-0.05, 0) is 13.8 Å². The van der Waals surface area contributed by atoms with Gasteiger partial charge >= 0.3 is 12.0 Å². The summed E-state index contributed by atoms with van der Waals surface area (Å²) < 4.78 is 5.20. The number of carbonyl (C=O) groups excluding carboxylic acids is 2. The number of nitrogens with two attached hydrogens (primary N) is 1. The minimum absolute atomic E-state index is 0.369. The second kappa shape index (κ2) is 5.32. The Morgan fingerprint density at radius 1 is 1.50 bits per heavy atom. The summed E-state index contributed by atoms with van der Waals surface area (Å²) in [7, 11) is 0. The van der Waals surface area contributed by atoms with E-state index in [0.29, 0.717) is 13.1 Å². The van der Waals surface area contributed by atoms with Crippen LogP contribution in [0.25, 0.3) is 0 Å². The van der Waals surface area contributed by atoms with Gasteiger partial charge in [-0.25, -0.2) is 9.59 Å². The Labute approximate surface area is 104 Å². The number of likely N-dealkylation sites (tertiary alicyclic amines) is 1. The number of carboxylic acid groups (broad SMARTS) is 1. The fraction of sp³-hybridized carbons (Fsp3) is 0.700. The van der Waals surface area contributed by atoms with Gasteiger partial charge in [0.15, 0.2) is 0 Å². The lowest BCUT2D eigenvalue weighted by Crippen LogP contribution is -2.66. The molecule has 1 aliphatic heterocycles. The molecule has 1 aliphatic rings. The molecule has 102 valence electrons. The van der Waals surface area contributed by atoms with Gasteiger partial charge in [-0.2, -0.15) is 0 Å². The molecule has 0 saturated carbocycles. The van der Waals surface area contributed by atoms with Crippen LogP contribution in [0.4, 0.5) is 4.79 Å². The molecule has 0 aromatic carbocycles. The van der Waals surface area contributed by atoms with Crippen molar-refractivity contribution < 1.29 is 24.2 Å². The van der Waals surface area contributed by atoms with Crippen molar-refractivity contribution in [1.82, 2.24) is 10.2 Å². The zero-order valence-corrected chi connectivity index (χ0v) is 10.3. The number of rotatable bonds is 5. The molecule has 1 unspecified atom stereocenters. The summed E-state index contributed by atoms with van der Waals surface area (Å²) in [6.45, 7) is 3.88. The predicted octanol–water partition coefficient (Wildman–Crippen LogP) is -1.25. The molecule has 1 rings (SSSR count). The van der Waals surface area contributed by atoms with Crippen molar-refractivity contribution in [3.05, 3.63) is 0 Å². The first-order valence-electron chi connectivity index (χ1n) is 5.43. The van der Waals surface area contributed by atoms with E-state index in [-0.39, 0.29) is 6.61 Å². The van der Waals surface area contributed by atoms with Crippen LogP contribution >= 0.6 is 0 Å². The number of aliphatic carboxylic acids is 1. The first kappa shape index (κ1) is 14.4. The lowest BCUT2D eigenvalue weighted by Gasteiger charge is -2.49. The quantitative estimate of drug-likeness (QED) is 0.566. The van der Waals surface area contributed by atoms with Crippen molar-refractivity contribution in [2.45, 2.75) is 25.5 Å². The molecular formula is C10H17N3O5. The van der Waals surface area contributed by atoms with Crippen LogP contribution in [0.15, 0.2) is 0 Å². The van der Waals surface area contributed by atoms with Crippen LogP contribution in [0.1, 0.15) is 13.8 Å². The third kappa shape index (κ3) is 3.67. The molecule has 1 saturated heterocycles. The SMILES string of the molecule is CC(C(=O)NC(N)=O)N1CC(C)(OCC(=O)O)C1. The normalized spacial score (nSPS) is 19.7. The van der Waals surface area contributed by atoms with Gasteiger partial charge in [0.1, 0.15) is 6.61 Å². The van der Waals surface area contributed by atoms with Gasteiger partial charge in [-0.3, -0.25) is 15.0 Å². The van der Waals surface area contributed by atoms with E-state index in [0.717, 1.165) is 0 Å². The molecule has 0 aromatic rings. The number of hydrogen-bond acceptors (Lipinski definition) is 5. The fourth-order valence-corrected chi connectivity index (χ4v) is 1.81. The number of amides is 3. The average molecular weight is 259 g/mol. The maximum atomic E-state index is 11.5. The summed E-state index contributed by atoms with van der Waals surface area (Å²) in [5.41, 5.74) is 4.28. The van der Waals surface area contributed by atoms with Gasteiger partial charge in [0.25, 0.3) is 0 Å². The molecule has 1 fully saturated rings. The first-order chi connectivity index (χ1) is 8.23. The van der Waals surface area contributed by atoms with E-state index in [1.807, 2.05) is 5.32 Å². The number of nitrogens with one attached hydrogen (secondary N) is 1. The maximum Gasteiger partial charge on any atom is 0.329 e. The Hall–Kier alpha value is -1.67. The second-order valence-electron chi connectivity index (χ2n) is 4.57. The highest BCUT2D eigenvalue weighted by Crippen LogP contribution is 2.26. The number of hydrogen-bond donors (Lipinski definition) is 3. The summed E-state index contributed by atoms with van der Waals surface area (Å²) >= 11 is 0. The average Bonchev–Trinajstić information content (AvgIpc) is 2.20. The highest BCUT2D eigenvalue weighted by Gasteiger charge is 2.43. The van der Waals surface area contributed by atoms with Crippen LogP contribution in [0.5, 0.6) is 0 Å². The largest absolute Gasteiger partial charge is 0.480 e. The lowest BCUT2D eigenvalue weighted by atomic mass is 9.94. The molecule has 1 heterocycles. The molecule has 8 nitrogen and oxygen atoms in total. The molecule has 3 amide bonds. The zero-order chi connectivity index (χ0) is 13.9. The molecule has 0 spiro atoms. The molecule has 1 atom stereocenters. The van der Waals surface area contributed by atoms with Gasteiger partial charge in [0, 0.05) is 13.1 Å². The van der Waals surface area contributed by atoms with Crippen molar-refractivity contribution in [2.75, 3.05) is 19.7 Å². The van der Waals surface area contributed by atoms with Crippen LogP contribution in [-0.2, 0) is 14.3 Å². The van der Waals surface area contributed by atoms with Crippen molar-refractivity contribution in [3.8, 4) is 0 Å². The van der Waals surface area contributed by atoms with Crippen LogP contribution in [0.3, 0.4) is 0 Å². The second-order valence-corrected chi connectivity index (χ2v) is 4.57. The number of carbonyl (C=O) groups is 3. The maximum absolute atomic E-state index is 11.5. The minimum Gasteiger partial charge on any atom is -0.480 e. The number of ether oxygens (including phenoxy) is 1. The summed E-state index contributed by atoms with van der Waals surface area (Å²) in [5.74, 6) is -1.52.